The van der Waals surface area contributed by atoms with E-state index in [1.54, 1.807) is 5.56 Å². The van der Waals surface area contributed by atoms with Crippen LogP contribution in [0.1, 0.15) is 43.7 Å². The first kappa shape index (κ1) is 10.3. The Bertz CT molecular complexity index is 398. The molecule has 0 bridgehead atoms. The van der Waals surface area contributed by atoms with Gasteiger partial charge in [-0.15, -0.1) is 0 Å². The van der Waals surface area contributed by atoms with Crippen molar-refractivity contribution in [1.82, 2.24) is 0 Å². The maximum atomic E-state index is 6.39. The number of hydrogen-bond donors (Lipinski definition) is 1. The lowest BCUT2D eigenvalue weighted by Crippen LogP contribution is -2.50. The summed E-state index contributed by atoms with van der Waals surface area (Å²) in [4.78, 5) is 0. The van der Waals surface area contributed by atoms with Crippen molar-refractivity contribution in [1.29, 1.82) is 0 Å². The third-order valence-corrected chi connectivity index (χ3v) is 4.88. The predicted octanol–water partition coefficient (Wildman–Crippen LogP) is 3.02. The Morgan fingerprint density at radius 3 is 2.94 bits per heavy atom. The number of rotatable bonds is 0. The first-order valence-electron chi connectivity index (χ1n) is 6.56. The van der Waals surface area contributed by atoms with Gasteiger partial charge in [-0.1, -0.05) is 44.0 Å². The summed E-state index contributed by atoms with van der Waals surface area (Å²) in [6.07, 6.45) is 6.47. The molecule has 1 nitrogen and oxygen atoms in total. The van der Waals surface area contributed by atoms with Gasteiger partial charge in [0.25, 0.3) is 0 Å². The molecule has 1 fully saturated rings. The van der Waals surface area contributed by atoms with E-state index in [4.69, 9.17) is 5.73 Å². The minimum atomic E-state index is 0.354. The van der Waals surface area contributed by atoms with Crippen LogP contribution in [0, 0.1) is 5.92 Å². The van der Waals surface area contributed by atoms with Crippen molar-refractivity contribution < 1.29 is 0 Å². The summed E-state index contributed by atoms with van der Waals surface area (Å²) in [5, 5.41) is 0. The highest BCUT2D eigenvalue weighted by atomic mass is 14.7. The molecule has 0 unspecified atom stereocenters. The molecular weight excluding hydrogens is 194 g/mol. The maximum absolute atomic E-state index is 6.39. The molecule has 0 aromatic heterocycles. The average molecular weight is 215 g/mol. The van der Waals surface area contributed by atoms with Crippen LogP contribution in [0.4, 0.5) is 0 Å². The molecule has 16 heavy (non-hydrogen) atoms. The summed E-state index contributed by atoms with van der Waals surface area (Å²) in [6.45, 7) is 2.44. The number of fused-ring (bicyclic) bond motifs is 3. The minimum Gasteiger partial charge on any atom is -0.327 e. The zero-order valence-electron chi connectivity index (χ0n) is 10.1. The maximum Gasteiger partial charge on any atom is 0.0116 e. The lowest BCUT2D eigenvalue weighted by atomic mass is 9.57. The van der Waals surface area contributed by atoms with Crippen LogP contribution in [0.2, 0.25) is 0 Å². The predicted molar refractivity (Wildman–Crippen MR) is 67.4 cm³/mol. The fourth-order valence-corrected chi connectivity index (χ4v) is 4.03. The van der Waals surface area contributed by atoms with E-state index in [9.17, 15) is 0 Å². The van der Waals surface area contributed by atoms with Gasteiger partial charge < -0.3 is 5.73 Å². The summed E-state index contributed by atoms with van der Waals surface area (Å²) in [6, 6.07) is 9.32. The quantitative estimate of drug-likeness (QED) is 0.707. The van der Waals surface area contributed by atoms with E-state index in [-0.39, 0.29) is 0 Å². The van der Waals surface area contributed by atoms with Gasteiger partial charge in [-0.2, -0.15) is 0 Å². The van der Waals surface area contributed by atoms with Crippen LogP contribution in [0.15, 0.2) is 24.3 Å². The van der Waals surface area contributed by atoms with Crippen LogP contribution in [0.3, 0.4) is 0 Å². The lowest BCUT2D eigenvalue weighted by molar-refractivity contribution is 0.156. The molecule has 86 valence electrons. The Labute approximate surface area is 98.0 Å². The van der Waals surface area contributed by atoms with Crippen molar-refractivity contribution in [3.8, 4) is 0 Å². The van der Waals surface area contributed by atoms with Crippen molar-refractivity contribution in [2.45, 2.75) is 50.5 Å². The molecule has 2 aliphatic rings. The second-order valence-corrected chi connectivity index (χ2v) is 5.79. The zero-order valence-corrected chi connectivity index (χ0v) is 10.1. The molecule has 1 heteroatoms. The smallest absolute Gasteiger partial charge is 0.0116 e. The Hall–Kier alpha value is -0.820. The van der Waals surface area contributed by atoms with Gasteiger partial charge in [-0.3, -0.25) is 0 Å². The van der Waals surface area contributed by atoms with E-state index >= 15 is 0 Å². The van der Waals surface area contributed by atoms with Gasteiger partial charge >= 0.3 is 0 Å². The second-order valence-electron chi connectivity index (χ2n) is 5.79. The van der Waals surface area contributed by atoms with E-state index in [1.807, 2.05) is 0 Å². The highest BCUT2D eigenvalue weighted by Gasteiger charge is 2.44. The van der Waals surface area contributed by atoms with Crippen LogP contribution in [0.25, 0.3) is 0 Å². The van der Waals surface area contributed by atoms with E-state index in [0.717, 1.165) is 6.42 Å². The molecule has 3 rings (SSSR count). The standard InChI is InChI=1S/C15H21N/c1-15-9-5-4-8-13(15)14(16)10-11-6-2-3-7-12(11)15/h2-3,6-7,13-14H,4-5,8-10,16H2,1H3/t13-,14+,15+/m0/s1. The van der Waals surface area contributed by atoms with E-state index in [0.29, 0.717) is 17.4 Å². The molecule has 0 radical (unpaired) electrons. The largest absolute Gasteiger partial charge is 0.327 e. The molecule has 1 saturated carbocycles. The molecular formula is C15H21N. The summed E-state index contributed by atoms with van der Waals surface area (Å²) < 4.78 is 0. The first-order chi connectivity index (χ1) is 7.72. The highest BCUT2D eigenvalue weighted by Crippen LogP contribution is 2.49. The monoisotopic (exact) mass is 215 g/mol. The van der Waals surface area contributed by atoms with E-state index in [1.165, 1.54) is 31.2 Å². The fraction of sp³-hybridized carbons (Fsp3) is 0.600. The Morgan fingerprint density at radius 1 is 1.25 bits per heavy atom. The summed E-state index contributed by atoms with van der Waals surface area (Å²) >= 11 is 0. The van der Waals surface area contributed by atoms with Gasteiger partial charge in [-0.05, 0) is 41.7 Å². The van der Waals surface area contributed by atoms with Gasteiger partial charge in [0.2, 0.25) is 0 Å². The molecule has 0 heterocycles. The topological polar surface area (TPSA) is 26.0 Å². The third-order valence-electron chi connectivity index (χ3n) is 4.88. The first-order valence-corrected chi connectivity index (χ1v) is 6.56. The van der Waals surface area contributed by atoms with Crippen LogP contribution >= 0.6 is 0 Å². The van der Waals surface area contributed by atoms with Crippen LogP contribution < -0.4 is 5.73 Å². The number of hydrogen-bond acceptors (Lipinski definition) is 1. The molecule has 2 N–H and O–H groups in total. The fourth-order valence-electron chi connectivity index (χ4n) is 4.03. The SMILES string of the molecule is C[C@]12CCCC[C@H]1[C@H](N)Cc1ccccc12. The van der Waals surface area contributed by atoms with Crippen LogP contribution in [-0.2, 0) is 11.8 Å². The molecule has 0 saturated heterocycles. The van der Waals surface area contributed by atoms with Gasteiger partial charge in [0, 0.05) is 6.04 Å². The highest BCUT2D eigenvalue weighted by molar-refractivity contribution is 5.39. The second kappa shape index (κ2) is 3.59. The van der Waals surface area contributed by atoms with Gasteiger partial charge in [0.1, 0.15) is 0 Å². The molecule has 0 amide bonds. The number of nitrogens with two attached hydrogens (primary N) is 1. The van der Waals surface area contributed by atoms with Crippen molar-refractivity contribution >= 4 is 0 Å². The zero-order chi connectivity index (χ0) is 11.2. The van der Waals surface area contributed by atoms with Gasteiger partial charge in [-0.25, -0.2) is 0 Å². The minimum absolute atomic E-state index is 0.354. The summed E-state index contributed by atoms with van der Waals surface area (Å²) in [5.41, 5.74) is 9.82. The van der Waals surface area contributed by atoms with Crippen molar-refractivity contribution in [2.24, 2.45) is 11.7 Å². The Kier molecular flexibility index (Phi) is 2.32. The number of benzene rings is 1. The Morgan fingerprint density at radius 2 is 2.06 bits per heavy atom. The van der Waals surface area contributed by atoms with Gasteiger partial charge in [0.15, 0.2) is 0 Å². The molecule has 1 aromatic rings. The van der Waals surface area contributed by atoms with E-state index in [2.05, 4.69) is 31.2 Å². The normalized spacial score (nSPS) is 37.6. The van der Waals surface area contributed by atoms with Crippen molar-refractivity contribution in [3.63, 3.8) is 0 Å². The molecule has 2 aliphatic carbocycles. The lowest BCUT2D eigenvalue weighted by Gasteiger charge is -2.49. The van der Waals surface area contributed by atoms with Crippen molar-refractivity contribution in [3.05, 3.63) is 35.4 Å². The molecule has 1 aromatic carbocycles. The molecule has 3 atom stereocenters. The summed E-state index contributed by atoms with van der Waals surface area (Å²) in [5.74, 6) is 0.705. The van der Waals surface area contributed by atoms with Gasteiger partial charge in [0.05, 0.1) is 0 Å². The van der Waals surface area contributed by atoms with Crippen LogP contribution in [-0.4, -0.2) is 6.04 Å². The third kappa shape index (κ3) is 1.34. The van der Waals surface area contributed by atoms with E-state index < -0.39 is 0 Å². The van der Waals surface area contributed by atoms with Crippen molar-refractivity contribution in [2.75, 3.05) is 0 Å². The Balaban J connectivity index is 2.12. The average Bonchev–Trinajstić information content (AvgIpc) is 2.29. The molecule has 0 aliphatic heterocycles. The molecule has 0 spiro atoms. The summed E-state index contributed by atoms with van der Waals surface area (Å²) in [7, 11) is 0. The van der Waals surface area contributed by atoms with Crippen LogP contribution in [0.5, 0.6) is 0 Å².